The number of hydrogen-bond donors (Lipinski definition) is 0. The van der Waals surface area contributed by atoms with Gasteiger partial charge in [-0.3, -0.25) is 4.79 Å². The van der Waals surface area contributed by atoms with Crippen LogP contribution in [-0.4, -0.2) is 17.0 Å². The highest BCUT2D eigenvalue weighted by Gasteiger charge is 2.66. The third-order valence-corrected chi connectivity index (χ3v) is 5.56. The molecule has 1 saturated heterocycles. The first kappa shape index (κ1) is 10.8. The summed E-state index contributed by atoms with van der Waals surface area (Å²) in [7, 11) is 0. The van der Waals surface area contributed by atoms with Gasteiger partial charge in [0.1, 0.15) is 5.60 Å². The maximum Gasteiger partial charge on any atom is 0.165 e. The van der Waals surface area contributed by atoms with Gasteiger partial charge in [-0.25, -0.2) is 0 Å². The third kappa shape index (κ3) is 1.09. The topological polar surface area (TPSA) is 26.3 Å². The summed E-state index contributed by atoms with van der Waals surface area (Å²) in [6.07, 6.45) is 6.35. The van der Waals surface area contributed by atoms with Crippen molar-refractivity contribution < 1.29 is 9.53 Å². The summed E-state index contributed by atoms with van der Waals surface area (Å²) in [6, 6.07) is 0. The van der Waals surface area contributed by atoms with Crippen molar-refractivity contribution in [2.45, 2.75) is 70.5 Å². The minimum absolute atomic E-state index is 0.0925. The minimum Gasteiger partial charge on any atom is -0.360 e. The van der Waals surface area contributed by atoms with Gasteiger partial charge in [0.2, 0.25) is 0 Å². The number of fused-ring (bicyclic) bond motifs is 1. The molecule has 2 saturated carbocycles. The van der Waals surface area contributed by atoms with E-state index >= 15 is 0 Å². The number of ether oxygens (including phenoxy) is 1. The molecule has 3 aliphatic rings. The van der Waals surface area contributed by atoms with Gasteiger partial charge in [0, 0.05) is 11.8 Å². The largest absolute Gasteiger partial charge is 0.360 e. The maximum atomic E-state index is 12.4. The van der Waals surface area contributed by atoms with Gasteiger partial charge < -0.3 is 4.74 Å². The van der Waals surface area contributed by atoms with E-state index < -0.39 is 5.60 Å². The zero-order valence-corrected chi connectivity index (χ0v) is 10.6. The van der Waals surface area contributed by atoms with Crippen molar-refractivity contribution in [3.05, 3.63) is 0 Å². The lowest BCUT2D eigenvalue weighted by atomic mass is 9.55. The summed E-state index contributed by atoms with van der Waals surface area (Å²) >= 11 is 0. The number of carbonyl (C=O) groups excluding carboxylic acids is 1. The monoisotopic (exact) mass is 222 g/mol. The normalized spacial score (nSPS) is 50.2. The molecule has 3 unspecified atom stereocenters. The van der Waals surface area contributed by atoms with Crippen LogP contribution in [0.5, 0.6) is 0 Å². The van der Waals surface area contributed by atoms with Crippen LogP contribution in [0.1, 0.15) is 59.3 Å². The third-order valence-electron chi connectivity index (χ3n) is 5.56. The minimum atomic E-state index is -0.419. The Balaban J connectivity index is 2.07. The number of hydrogen-bond acceptors (Lipinski definition) is 2. The summed E-state index contributed by atoms with van der Waals surface area (Å²) < 4.78 is 6.33. The zero-order chi connectivity index (χ0) is 11.6. The standard InChI is InChI=1S/C14H22O2/c1-12(2)10-6-8-13(3)7-4-5-11(15)14(13,9-10)16-12/h10H,4-9H2,1-3H3. The summed E-state index contributed by atoms with van der Waals surface area (Å²) in [5, 5.41) is 0. The molecule has 3 atom stereocenters. The fourth-order valence-electron chi connectivity index (χ4n) is 4.36. The fourth-order valence-corrected chi connectivity index (χ4v) is 4.36. The highest BCUT2D eigenvalue weighted by atomic mass is 16.5. The molecule has 0 aromatic rings. The van der Waals surface area contributed by atoms with E-state index in [2.05, 4.69) is 20.8 Å². The van der Waals surface area contributed by atoms with Crippen LogP contribution in [-0.2, 0) is 9.53 Å². The van der Waals surface area contributed by atoms with E-state index in [1.54, 1.807) is 0 Å². The van der Waals surface area contributed by atoms with Crippen LogP contribution < -0.4 is 0 Å². The Bertz CT molecular complexity index is 347. The Kier molecular flexibility index (Phi) is 1.95. The Morgan fingerprint density at radius 1 is 1.25 bits per heavy atom. The number of rotatable bonds is 0. The van der Waals surface area contributed by atoms with E-state index in [-0.39, 0.29) is 11.0 Å². The molecule has 2 bridgehead atoms. The summed E-state index contributed by atoms with van der Waals surface area (Å²) in [5.41, 5.74) is -0.394. The molecule has 1 heterocycles. The van der Waals surface area contributed by atoms with Crippen LogP contribution in [0.15, 0.2) is 0 Å². The SMILES string of the molecule is CC1(C)OC23CC1CCC2(C)CCCC3=O. The second-order valence-electron chi connectivity index (χ2n) is 6.81. The average Bonchev–Trinajstić information content (AvgIpc) is 2.42. The fraction of sp³-hybridized carbons (Fsp3) is 0.929. The molecule has 0 N–H and O–H groups in total. The van der Waals surface area contributed by atoms with E-state index in [1.807, 2.05) is 0 Å². The van der Waals surface area contributed by atoms with Gasteiger partial charge in [-0.1, -0.05) is 6.92 Å². The molecule has 0 aromatic carbocycles. The Morgan fingerprint density at radius 2 is 2.00 bits per heavy atom. The van der Waals surface area contributed by atoms with Gasteiger partial charge in [-0.2, -0.15) is 0 Å². The van der Waals surface area contributed by atoms with E-state index in [0.29, 0.717) is 11.7 Å². The Hall–Kier alpha value is -0.370. The molecule has 16 heavy (non-hydrogen) atoms. The quantitative estimate of drug-likeness (QED) is 0.629. The van der Waals surface area contributed by atoms with Crippen molar-refractivity contribution in [1.82, 2.24) is 0 Å². The van der Waals surface area contributed by atoms with Gasteiger partial charge in [0.25, 0.3) is 0 Å². The van der Waals surface area contributed by atoms with Crippen molar-refractivity contribution in [2.75, 3.05) is 0 Å². The smallest absolute Gasteiger partial charge is 0.165 e. The van der Waals surface area contributed by atoms with E-state index in [9.17, 15) is 4.79 Å². The van der Waals surface area contributed by atoms with Crippen molar-refractivity contribution in [3.8, 4) is 0 Å². The lowest BCUT2D eigenvalue weighted by Gasteiger charge is -2.50. The molecule has 0 aromatic heterocycles. The Morgan fingerprint density at radius 3 is 2.75 bits per heavy atom. The predicted molar refractivity (Wildman–Crippen MR) is 62.2 cm³/mol. The molecule has 3 fully saturated rings. The van der Waals surface area contributed by atoms with E-state index in [0.717, 1.165) is 19.3 Å². The van der Waals surface area contributed by atoms with Crippen molar-refractivity contribution in [2.24, 2.45) is 11.3 Å². The van der Waals surface area contributed by atoms with E-state index in [1.165, 1.54) is 19.3 Å². The summed E-state index contributed by atoms with van der Waals surface area (Å²) in [4.78, 5) is 12.4. The molecule has 1 aliphatic heterocycles. The molecule has 2 heteroatoms. The van der Waals surface area contributed by atoms with Gasteiger partial charge in [0.05, 0.1) is 5.60 Å². The predicted octanol–water partition coefficient (Wildman–Crippen LogP) is 3.09. The molecule has 2 nitrogen and oxygen atoms in total. The molecule has 2 aliphatic carbocycles. The van der Waals surface area contributed by atoms with Gasteiger partial charge in [-0.05, 0) is 51.9 Å². The lowest BCUT2D eigenvalue weighted by Crippen LogP contribution is -2.56. The second-order valence-corrected chi connectivity index (χ2v) is 6.81. The van der Waals surface area contributed by atoms with Crippen LogP contribution in [0.25, 0.3) is 0 Å². The highest BCUT2D eigenvalue weighted by molar-refractivity contribution is 5.89. The first-order valence-electron chi connectivity index (χ1n) is 6.63. The summed E-state index contributed by atoms with van der Waals surface area (Å²) in [6.45, 7) is 6.61. The van der Waals surface area contributed by atoms with Crippen molar-refractivity contribution in [3.63, 3.8) is 0 Å². The lowest BCUT2D eigenvalue weighted by molar-refractivity contribution is -0.181. The molecular weight excluding hydrogens is 200 g/mol. The molecule has 0 radical (unpaired) electrons. The molecule has 0 amide bonds. The van der Waals surface area contributed by atoms with Crippen molar-refractivity contribution in [1.29, 1.82) is 0 Å². The first-order valence-corrected chi connectivity index (χ1v) is 6.63. The van der Waals surface area contributed by atoms with Gasteiger partial charge in [-0.15, -0.1) is 0 Å². The van der Waals surface area contributed by atoms with Crippen LogP contribution >= 0.6 is 0 Å². The van der Waals surface area contributed by atoms with Crippen LogP contribution in [0, 0.1) is 11.3 Å². The van der Waals surface area contributed by atoms with Crippen molar-refractivity contribution >= 4 is 5.78 Å². The summed E-state index contributed by atoms with van der Waals surface area (Å²) in [5.74, 6) is 0.971. The Labute approximate surface area is 97.7 Å². The number of ketones is 1. The first-order chi connectivity index (χ1) is 7.40. The van der Waals surface area contributed by atoms with Crippen LogP contribution in [0.4, 0.5) is 0 Å². The van der Waals surface area contributed by atoms with Gasteiger partial charge >= 0.3 is 0 Å². The molecule has 3 rings (SSSR count). The van der Waals surface area contributed by atoms with Crippen LogP contribution in [0.2, 0.25) is 0 Å². The molecule has 90 valence electrons. The maximum absolute atomic E-state index is 12.4. The zero-order valence-electron chi connectivity index (χ0n) is 10.6. The highest BCUT2D eigenvalue weighted by Crippen LogP contribution is 2.62. The second kappa shape index (κ2) is 2.90. The van der Waals surface area contributed by atoms with Crippen LogP contribution in [0.3, 0.4) is 0 Å². The van der Waals surface area contributed by atoms with E-state index in [4.69, 9.17) is 4.74 Å². The number of carbonyl (C=O) groups is 1. The average molecular weight is 222 g/mol. The number of Topliss-reactive ketones (excluding diaryl/α,β-unsaturated/α-hetero) is 1. The van der Waals surface area contributed by atoms with Gasteiger partial charge in [0.15, 0.2) is 5.78 Å². The molecule has 1 spiro atoms. The molecular formula is C14H22O2.